The number of fused-ring (bicyclic) bond motifs is 1. The van der Waals surface area contributed by atoms with E-state index in [0.29, 0.717) is 18.8 Å². The molecule has 0 atom stereocenters. The monoisotopic (exact) mass is 257 g/mol. The fourth-order valence-electron chi connectivity index (χ4n) is 2.61. The molecule has 1 aliphatic heterocycles. The third-order valence-corrected chi connectivity index (χ3v) is 3.91. The summed E-state index contributed by atoms with van der Waals surface area (Å²) in [5, 5.41) is 3.11. The van der Waals surface area contributed by atoms with Crippen LogP contribution in [0, 0.1) is 5.41 Å². The second-order valence-corrected chi connectivity index (χ2v) is 5.18. The van der Waals surface area contributed by atoms with Gasteiger partial charge in [-0.05, 0) is 25.0 Å². The van der Waals surface area contributed by atoms with Gasteiger partial charge in [-0.15, -0.1) is 0 Å². The van der Waals surface area contributed by atoms with E-state index < -0.39 is 11.7 Å². The summed E-state index contributed by atoms with van der Waals surface area (Å²) >= 11 is 0. The van der Waals surface area contributed by atoms with Gasteiger partial charge < -0.3 is 10.1 Å². The molecule has 0 radical (unpaired) electrons. The van der Waals surface area contributed by atoms with Gasteiger partial charge in [0.15, 0.2) is 5.75 Å². The van der Waals surface area contributed by atoms with Crippen LogP contribution in [-0.2, 0) is 6.18 Å². The van der Waals surface area contributed by atoms with Crippen molar-refractivity contribution >= 4 is 5.69 Å². The van der Waals surface area contributed by atoms with Gasteiger partial charge in [0.05, 0.1) is 17.9 Å². The molecule has 1 aromatic rings. The number of hydrogen-bond acceptors (Lipinski definition) is 2. The van der Waals surface area contributed by atoms with Crippen LogP contribution in [0.1, 0.15) is 24.8 Å². The molecule has 0 amide bonds. The van der Waals surface area contributed by atoms with Crippen LogP contribution in [0.15, 0.2) is 18.2 Å². The van der Waals surface area contributed by atoms with E-state index in [0.717, 1.165) is 25.3 Å². The summed E-state index contributed by atoms with van der Waals surface area (Å²) in [6, 6.07) is 4.12. The SMILES string of the molecule is FC(F)(F)c1cccc2c1OCC1(CCC1)CN2. The fraction of sp³-hybridized carbons (Fsp3) is 0.538. The summed E-state index contributed by atoms with van der Waals surface area (Å²) in [6.07, 6.45) is -1.19. The molecule has 1 aromatic carbocycles. The molecule has 2 nitrogen and oxygen atoms in total. The predicted octanol–water partition coefficient (Wildman–Crippen LogP) is 3.68. The normalized spacial score (nSPS) is 21.3. The zero-order chi connectivity index (χ0) is 12.8. The molecular formula is C13H14F3NO. The Morgan fingerprint density at radius 3 is 2.61 bits per heavy atom. The van der Waals surface area contributed by atoms with E-state index in [1.165, 1.54) is 6.07 Å². The van der Waals surface area contributed by atoms with Gasteiger partial charge in [-0.1, -0.05) is 12.5 Å². The minimum atomic E-state index is -4.37. The van der Waals surface area contributed by atoms with Crippen molar-refractivity contribution in [2.24, 2.45) is 5.41 Å². The number of hydrogen-bond donors (Lipinski definition) is 1. The molecule has 5 heteroatoms. The number of para-hydroxylation sites is 1. The van der Waals surface area contributed by atoms with E-state index in [1.807, 2.05) is 0 Å². The maximum Gasteiger partial charge on any atom is 0.420 e. The number of alkyl halides is 3. The van der Waals surface area contributed by atoms with Gasteiger partial charge in [0.2, 0.25) is 0 Å². The van der Waals surface area contributed by atoms with E-state index in [4.69, 9.17) is 4.74 Å². The minimum Gasteiger partial charge on any atom is -0.490 e. The van der Waals surface area contributed by atoms with Crippen molar-refractivity contribution in [3.63, 3.8) is 0 Å². The Morgan fingerprint density at radius 1 is 1.22 bits per heavy atom. The molecule has 18 heavy (non-hydrogen) atoms. The van der Waals surface area contributed by atoms with Crippen LogP contribution in [0.3, 0.4) is 0 Å². The Kier molecular flexibility index (Phi) is 2.47. The average molecular weight is 257 g/mol. The van der Waals surface area contributed by atoms with E-state index >= 15 is 0 Å². The van der Waals surface area contributed by atoms with Gasteiger partial charge in [-0.2, -0.15) is 13.2 Å². The third kappa shape index (κ3) is 1.82. The standard InChI is InChI=1S/C13H14F3NO/c14-13(15,16)9-3-1-4-10-11(9)18-8-12(7-17-10)5-2-6-12/h1,3-4,17H,2,5-8H2. The molecule has 1 N–H and O–H groups in total. The lowest BCUT2D eigenvalue weighted by Crippen LogP contribution is -2.40. The van der Waals surface area contributed by atoms with Crippen LogP contribution in [0.25, 0.3) is 0 Å². The number of nitrogens with one attached hydrogen (secondary N) is 1. The quantitative estimate of drug-likeness (QED) is 0.765. The first-order chi connectivity index (χ1) is 8.50. The van der Waals surface area contributed by atoms with Crippen molar-refractivity contribution in [2.45, 2.75) is 25.4 Å². The van der Waals surface area contributed by atoms with E-state index in [1.54, 1.807) is 6.07 Å². The molecule has 0 bridgehead atoms. The van der Waals surface area contributed by atoms with Gasteiger partial charge in [-0.3, -0.25) is 0 Å². The van der Waals surface area contributed by atoms with E-state index in [9.17, 15) is 13.2 Å². The van der Waals surface area contributed by atoms with Gasteiger partial charge >= 0.3 is 6.18 Å². The van der Waals surface area contributed by atoms with Crippen molar-refractivity contribution in [1.82, 2.24) is 0 Å². The minimum absolute atomic E-state index is 0.0297. The lowest BCUT2D eigenvalue weighted by Gasteiger charge is -2.40. The lowest BCUT2D eigenvalue weighted by molar-refractivity contribution is -0.139. The highest BCUT2D eigenvalue weighted by molar-refractivity contribution is 5.61. The number of ether oxygens (including phenoxy) is 1. The topological polar surface area (TPSA) is 21.3 Å². The molecule has 1 spiro atoms. The second-order valence-electron chi connectivity index (χ2n) is 5.18. The van der Waals surface area contributed by atoms with E-state index in [-0.39, 0.29) is 11.2 Å². The van der Waals surface area contributed by atoms with Crippen LogP contribution in [0.2, 0.25) is 0 Å². The van der Waals surface area contributed by atoms with Gasteiger partial charge in [0.25, 0.3) is 0 Å². The molecule has 1 saturated carbocycles. The molecule has 0 saturated heterocycles. The third-order valence-electron chi connectivity index (χ3n) is 3.91. The summed E-state index contributed by atoms with van der Waals surface area (Å²) in [4.78, 5) is 0. The van der Waals surface area contributed by atoms with E-state index in [2.05, 4.69) is 5.32 Å². The maximum absolute atomic E-state index is 12.9. The molecule has 1 fully saturated rings. The van der Waals surface area contributed by atoms with Crippen molar-refractivity contribution < 1.29 is 17.9 Å². The molecule has 3 rings (SSSR count). The fourth-order valence-corrected chi connectivity index (χ4v) is 2.61. The Balaban J connectivity index is 1.96. The molecule has 1 heterocycles. The van der Waals surface area contributed by atoms with Crippen molar-refractivity contribution in [2.75, 3.05) is 18.5 Å². The molecule has 1 aliphatic carbocycles. The summed E-state index contributed by atoms with van der Waals surface area (Å²) < 4.78 is 44.1. The number of benzene rings is 1. The summed E-state index contributed by atoms with van der Waals surface area (Å²) in [7, 11) is 0. The zero-order valence-electron chi connectivity index (χ0n) is 9.81. The Labute approximate surface area is 103 Å². The predicted molar refractivity (Wildman–Crippen MR) is 61.7 cm³/mol. The first kappa shape index (κ1) is 11.7. The molecule has 0 aromatic heterocycles. The Bertz CT molecular complexity index is 466. The van der Waals surface area contributed by atoms with Crippen LogP contribution < -0.4 is 10.1 Å². The first-order valence-corrected chi connectivity index (χ1v) is 6.07. The molecule has 2 aliphatic rings. The summed E-state index contributed by atoms with van der Waals surface area (Å²) in [5.74, 6) is -0.0474. The Hall–Kier alpha value is -1.39. The maximum atomic E-state index is 12.9. The van der Waals surface area contributed by atoms with Gasteiger partial charge in [0.1, 0.15) is 0 Å². The van der Waals surface area contributed by atoms with Crippen molar-refractivity contribution in [3.05, 3.63) is 23.8 Å². The molecule has 98 valence electrons. The first-order valence-electron chi connectivity index (χ1n) is 6.07. The smallest absolute Gasteiger partial charge is 0.420 e. The average Bonchev–Trinajstić information content (AvgIpc) is 2.46. The van der Waals surface area contributed by atoms with Gasteiger partial charge in [-0.25, -0.2) is 0 Å². The van der Waals surface area contributed by atoms with Crippen molar-refractivity contribution in [3.8, 4) is 5.75 Å². The van der Waals surface area contributed by atoms with Crippen LogP contribution in [0.4, 0.5) is 18.9 Å². The number of rotatable bonds is 0. The zero-order valence-corrected chi connectivity index (χ0v) is 9.81. The van der Waals surface area contributed by atoms with Gasteiger partial charge in [0, 0.05) is 12.0 Å². The lowest BCUT2D eigenvalue weighted by atomic mass is 9.69. The largest absolute Gasteiger partial charge is 0.490 e. The Morgan fingerprint density at radius 2 is 2.00 bits per heavy atom. The van der Waals surface area contributed by atoms with Crippen LogP contribution in [0.5, 0.6) is 5.75 Å². The highest BCUT2D eigenvalue weighted by Gasteiger charge is 2.42. The number of anilines is 1. The highest BCUT2D eigenvalue weighted by Crippen LogP contribution is 2.47. The summed E-state index contributed by atoms with van der Waals surface area (Å²) in [5.41, 5.74) is -0.209. The van der Waals surface area contributed by atoms with Crippen molar-refractivity contribution in [1.29, 1.82) is 0 Å². The van der Waals surface area contributed by atoms with Crippen LogP contribution >= 0.6 is 0 Å². The highest BCUT2D eigenvalue weighted by atomic mass is 19.4. The number of halogens is 3. The second kappa shape index (κ2) is 3.80. The summed E-state index contributed by atoms with van der Waals surface area (Å²) in [6.45, 7) is 1.07. The van der Waals surface area contributed by atoms with Crippen LogP contribution in [-0.4, -0.2) is 13.2 Å². The molecular weight excluding hydrogens is 243 g/mol. The molecule has 0 unspecified atom stereocenters.